The fourth-order valence-corrected chi connectivity index (χ4v) is 3.41. The van der Waals surface area contributed by atoms with E-state index in [0.717, 1.165) is 6.92 Å². The van der Waals surface area contributed by atoms with E-state index in [1.807, 2.05) is 5.32 Å². The minimum Gasteiger partial charge on any atom is -0.343 e. The number of amides is 4. The van der Waals surface area contributed by atoms with Gasteiger partial charge in [-0.1, -0.05) is 0 Å². The van der Waals surface area contributed by atoms with Crippen molar-refractivity contribution in [1.82, 2.24) is 15.7 Å². The molecule has 15 heteroatoms. The van der Waals surface area contributed by atoms with Crippen LogP contribution in [0.3, 0.4) is 0 Å². The van der Waals surface area contributed by atoms with E-state index >= 15 is 0 Å². The van der Waals surface area contributed by atoms with Gasteiger partial charge in [0.05, 0.1) is 0 Å². The van der Waals surface area contributed by atoms with E-state index in [2.05, 4.69) is 10.2 Å². The highest BCUT2D eigenvalue weighted by Crippen LogP contribution is 2.24. The molecule has 1 heterocycles. The number of nitrogens with zero attached hydrogens (tertiary/aromatic N) is 1. The van der Waals surface area contributed by atoms with Crippen LogP contribution in [0.15, 0.2) is 0 Å². The maximum absolute atomic E-state index is 14.0. The monoisotopic (exact) mass is 511 g/mol. The van der Waals surface area contributed by atoms with Crippen LogP contribution in [0.5, 0.6) is 0 Å². The van der Waals surface area contributed by atoms with E-state index in [4.69, 9.17) is 0 Å². The molecule has 186 valence electrons. The molecule has 0 aliphatic carbocycles. The standard InChI is InChI=1S/C19H18F5N3O6S/c1-19(5-6-34-2,18(32)25-7-10(30)33-27-8(28)3-4-9(27)29)26-17(31)11-12(20)14(22)16(24)15(23)13(11)21/h3-7H2,1-2H3,(H,25,32)(H,26,31)/t19-/m0/s1. The maximum Gasteiger partial charge on any atom is 0.352 e. The van der Waals surface area contributed by atoms with Gasteiger partial charge in [0.15, 0.2) is 23.3 Å². The summed E-state index contributed by atoms with van der Waals surface area (Å²) in [6, 6.07) is 0. The Labute approximate surface area is 193 Å². The van der Waals surface area contributed by atoms with Crippen molar-refractivity contribution in [3.05, 3.63) is 34.6 Å². The molecule has 0 bridgehead atoms. The Hall–Kier alpha value is -3.23. The summed E-state index contributed by atoms with van der Waals surface area (Å²) in [6.07, 6.45) is 1.13. The first-order chi connectivity index (χ1) is 15.8. The molecule has 9 nitrogen and oxygen atoms in total. The topological polar surface area (TPSA) is 122 Å². The normalized spacial score (nSPS) is 15.2. The second kappa shape index (κ2) is 10.8. The number of hydroxylamine groups is 2. The van der Waals surface area contributed by atoms with Gasteiger partial charge in [-0.3, -0.25) is 19.2 Å². The molecule has 0 spiro atoms. The third kappa shape index (κ3) is 5.63. The third-order valence-electron chi connectivity index (χ3n) is 4.73. The lowest BCUT2D eigenvalue weighted by Gasteiger charge is -2.29. The van der Waals surface area contributed by atoms with Gasteiger partial charge in [0, 0.05) is 12.8 Å². The van der Waals surface area contributed by atoms with Crippen LogP contribution >= 0.6 is 11.8 Å². The maximum atomic E-state index is 14.0. The molecule has 1 aliphatic rings. The van der Waals surface area contributed by atoms with Crippen molar-refractivity contribution in [3.8, 4) is 0 Å². The van der Waals surface area contributed by atoms with Gasteiger partial charge in [-0.25, -0.2) is 26.7 Å². The first kappa shape index (κ1) is 27.0. The average Bonchev–Trinajstić information content (AvgIpc) is 3.10. The molecule has 0 aromatic heterocycles. The van der Waals surface area contributed by atoms with Crippen LogP contribution in [0.2, 0.25) is 0 Å². The number of halogens is 5. The molecule has 0 radical (unpaired) electrons. The van der Waals surface area contributed by atoms with Crippen molar-refractivity contribution in [2.24, 2.45) is 0 Å². The van der Waals surface area contributed by atoms with Crippen LogP contribution in [-0.4, -0.2) is 58.8 Å². The summed E-state index contributed by atoms with van der Waals surface area (Å²) in [4.78, 5) is 64.5. The van der Waals surface area contributed by atoms with E-state index in [0.29, 0.717) is 0 Å². The van der Waals surface area contributed by atoms with Gasteiger partial charge in [0.25, 0.3) is 17.7 Å². The molecule has 1 fully saturated rings. The number of imide groups is 1. The van der Waals surface area contributed by atoms with E-state index < -0.39 is 76.3 Å². The Morgan fingerprint density at radius 3 is 1.97 bits per heavy atom. The number of thioether (sulfide) groups is 1. The number of rotatable bonds is 9. The van der Waals surface area contributed by atoms with Crippen LogP contribution in [0.4, 0.5) is 22.0 Å². The number of hydrogen-bond acceptors (Lipinski definition) is 7. The van der Waals surface area contributed by atoms with Crippen molar-refractivity contribution in [1.29, 1.82) is 0 Å². The predicted molar refractivity (Wildman–Crippen MR) is 105 cm³/mol. The van der Waals surface area contributed by atoms with Crippen LogP contribution in [0.25, 0.3) is 0 Å². The zero-order valence-electron chi connectivity index (χ0n) is 17.7. The largest absolute Gasteiger partial charge is 0.352 e. The summed E-state index contributed by atoms with van der Waals surface area (Å²) in [5, 5.41) is 4.25. The van der Waals surface area contributed by atoms with Crippen molar-refractivity contribution in [2.45, 2.75) is 31.7 Å². The molecule has 1 aromatic rings. The van der Waals surface area contributed by atoms with E-state index in [1.165, 1.54) is 11.8 Å². The molecule has 0 unspecified atom stereocenters. The van der Waals surface area contributed by atoms with Crippen LogP contribution in [0, 0.1) is 29.1 Å². The van der Waals surface area contributed by atoms with Crippen LogP contribution in [-0.2, 0) is 24.0 Å². The van der Waals surface area contributed by atoms with Crippen LogP contribution in [0.1, 0.15) is 36.5 Å². The number of hydrogen-bond donors (Lipinski definition) is 2. The molecule has 2 N–H and O–H groups in total. The number of carbonyl (C=O) groups excluding carboxylic acids is 5. The summed E-state index contributed by atoms with van der Waals surface area (Å²) in [5.41, 5.74) is -3.76. The molecule has 4 amide bonds. The molecule has 0 saturated carbocycles. The van der Waals surface area contributed by atoms with Gasteiger partial charge in [0.2, 0.25) is 11.7 Å². The van der Waals surface area contributed by atoms with Crippen molar-refractivity contribution in [2.75, 3.05) is 18.6 Å². The quantitative estimate of drug-likeness (QED) is 0.222. The van der Waals surface area contributed by atoms with Gasteiger partial charge in [0.1, 0.15) is 17.6 Å². The van der Waals surface area contributed by atoms with Crippen LogP contribution < -0.4 is 10.6 Å². The zero-order chi connectivity index (χ0) is 25.8. The van der Waals surface area contributed by atoms with E-state index in [1.54, 1.807) is 6.26 Å². The third-order valence-corrected chi connectivity index (χ3v) is 5.34. The van der Waals surface area contributed by atoms with Crippen molar-refractivity contribution >= 4 is 41.4 Å². The summed E-state index contributed by atoms with van der Waals surface area (Å²) < 4.78 is 68.1. The minimum absolute atomic E-state index is 0.158. The van der Waals surface area contributed by atoms with Gasteiger partial charge >= 0.3 is 5.97 Å². The Kier molecular flexibility index (Phi) is 8.58. The Morgan fingerprint density at radius 2 is 1.47 bits per heavy atom. The van der Waals surface area contributed by atoms with E-state index in [-0.39, 0.29) is 30.1 Å². The molecular formula is C19H18F5N3O6S. The molecule has 2 rings (SSSR count). The number of benzene rings is 1. The summed E-state index contributed by atoms with van der Waals surface area (Å²) in [5.74, 6) is -17.3. The lowest BCUT2D eigenvalue weighted by molar-refractivity contribution is -0.196. The zero-order valence-corrected chi connectivity index (χ0v) is 18.5. The summed E-state index contributed by atoms with van der Waals surface area (Å²) in [7, 11) is 0. The first-order valence-electron chi connectivity index (χ1n) is 9.51. The predicted octanol–water partition coefficient (Wildman–Crippen LogP) is 1.35. The molecular weight excluding hydrogens is 493 g/mol. The summed E-state index contributed by atoms with van der Waals surface area (Å²) >= 11 is 1.21. The number of carbonyl (C=O) groups is 5. The SMILES string of the molecule is CSCC[C@](C)(NC(=O)c1c(F)c(F)c(F)c(F)c1F)C(=O)NCC(=O)ON1C(=O)CCC1=O. The molecule has 1 aliphatic heterocycles. The van der Waals surface area contributed by atoms with Gasteiger partial charge in [-0.05, 0) is 25.4 Å². The first-order valence-corrected chi connectivity index (χ1v) is 10.9. The molecule has 1 saturated heterocycles. The second-order valence-corrected chi connectivity index (χ2v) is 8.19. The van der Waals surface area contributed by atoms with E-state index in [9.17, 15) is 45.9 Å². The van der Waals surface area contributed by atoms with Gasteiger partial charge in [-0.2, -0.15) is 11.8 Å². The lowest BCUT2D eigenvalue weighted by Crippen LogP contribution is -2.58. The smallest absolute Gasteiger partial charge is 0.343 e. The second-order valence-electron chi connectivity index (χ2n) is 7.20. The Morgan fingerprint density at radius 1 is 0.971 bits per heavy atom. The van der Waals surface area contributed by atoms with Crippen molar-refractivity contribution < 1.29 is 50.8 Å². The fourth-order valence-electron chi connectivity index (χ4n) is 2.80. The fraction of sp³-hybridized carbons (Fsp3) is 0.421. The average molecular weight is 511 g/mol. The highest BCUT2D eigenvalue weighted by Gasteiger charge is 2.39. The minimum atomic E-state index is -2.46. The molecule has 34 heavy (non-hydrogen) atoms. The highest BCUT2D eigenvalue weighted by atomic mass is 32.2. The molecule has 1 atom stereocenters. The Balaban J connectivity index is 2.17. The molecule has 1 aromatic carbocycles. The van der Waals surface area contributed by atoms with Gasteiger partial charge in [-0.15, -0.1) is 5.06 Å². The van der Waals surface area contributed by atoms with Crippen molar-refractivity contribution in [3.63, 3.8) is 0 Å². The lowest BCUT2D eigenvalue weighted by atomic mass is 9.96. The van der Waals surface area contributed by atoms with Gasteiger partial charge < -0.3 is 15.5 Å². The number of nitrogens with one attached hydrogen (secondary N) is 2. The highest BCUT2D eigenvalue weighted by molar-refractivity contribution is 7.98. The Bertz CT molecular complexity index is 1010. The summed E-state index contributed by atoms with van der Waals surface area (Å²) in [6.45, 7) is 0.227.